The minimum atomic E-state index is -1.55. The summed E-state index contributed by atoms with van der Waals surface area (Å²) in [5.41, 5.74) is 1.55. The van der Waals surface area contributed by atoms with Gasteiger partial charge in [-0.3, -0.25) is 0 Å². The molecule has 12 aromatic carbocycles. The number of hydrogen-bond donors (Lipinski definition) is 8. The van der Waals surface area contributed by atoms with Crippen molar-refractivity contribution in [1.29, 1.82) is 0 Å². The maximum atomic E-state index is 15.5. The van der Waals surface area contributed by atoms with Gasteiger partial charge in [0.1, 0.15) is 49.7 Å². The number of aromatic hydroxyl groups is 8. The summed E-state index contributed by atoms with van der Waals surface area (Å²) in [4.78, 5) is 0. The summed E-state index contributed by atoms with van der Waals surface area (Å²) in [7, 11) is 0. The van der Waals surface area contributed by atoms with Crippen LogP contribution in [0.2, 0.25) is 0 Å². The largest absolute Gasteiger partial charge is 0.504 e. The summed E-state index contributed by atoms with van der Waals surface area (Å²) in [6, 6.07) is 60.8. The van der Waals surface area contributed by atoms with Gasteiger partial charge in [-0.2, -0.15) is 0 Å². The second kappa shape index (κ2) is 26.9. The van der Waals surface area contributed by atoms with E-state index in [1.165, 1.54) is 72.8 Å². The van der Waals surface area contributed by atoms with Gasteiger partial charge in [-0.1, -0.05) is 170 Å². The van der Waals surface area contributed by atoms with Gasteiger partial charge in [-0.15, -0.1) is 0 Å². The van der Waals surface area contributed by atoms with Crippen LogP contribution >= 0.6 is 0 Å². The number of phenolic OH excluding ortho intramolecular Hbond substituents is 8. The molecule has 12 nitrogen and oxygen atoms in total. The zero-order valence-electron chi connectivity index (χ0n) is 51.0. The third kappa shape index (κ3) is 12.4. The Balaban J connectivity index is 1.23. The number of halogens is 4. The van der Waals surface area contributed by atoms with Gasteiger partial charge in [-0.05, 0) is 117 Å². The van der Waals surface area contributed by atoms with Crippen LogP contribution in [0.1, 0.15) is 113 Å². The fourth-order valence-corrected chi connectivity index (χ4v) is 12.7. The first-order valence-electron chi connectivity index (χ1n) is 30.6. The molecule has 0 saturated carbocycles. The van der Waals surface area contributed by atoms with Crippen LogP contribution in [0.5, 0.6) is 69.0 Å². The van der Waals surface area contributed by atoms with E-state index >= 15 is 17.6 Å². The van der Waals surface area contributed by atoms with Gasteiger partial charge in [0.25, 0.3) is 0 Å². The highest BCUT2D eigenvalue weighted by Gasteiger charge is 2.40. The van der Waals surface area contributed by atoms with Crippen LogP contribution < -0.4 is 18.9 Å². The molecule has 0 spiro atoms. The summed E-state index contributed by atoms with van der Waals surface area (Å²) in [5.74, 6) is -17.0. The Labute approximate surface area is 548 Å². The second-order valence-electron chi connectivity index (χ2n) is 23.4. The van der Waals surface area contributed by atoms with E-state index in [9.17, 15) is 40.9 Å². The molecule has 0 unspecified atom stereocenters. The Bertz CT molecular complexity index is 4050. The molecule has 0 fully saturated rings. The predicted octanol–water partition coefficient (Wildman–Crippen LogP) is 17.2. The molecule has 0 amide bonds. The van der Waals surface area contributed by atoms with E-state index in [2.05, 4.69) is 0 Å². The number of rotatable bonds is 16. The van der Waals surface area contributed by atoms with Crippen molar-refractivity contribution in [3.05, 3.63) is 355 Å². The molecule has 0 radical (unpaired) electrons. The normalized spacial score (nSPS) is 15.0. The lowest BCUT2D eigenvalue weighted by molar-refractivity contribution is 0.267. The average Bonchev–Trinajstić information content (AvgIpc) is 0.734. The molecule has 8 N–H and O–H groups in total. The van der Waals surface area contributed by atoms with Crippen LogP contribution in [0.15, 0.2) is 243 Å². The van der Waals surface area contributed by atoms with Gasteiger partial charge in [0.15, 0.2) is 46.0 Å². The van der Waals surface area contributed by atoms with Crippen molar-refractivity contribution in [2.45, 2.75) is 50.1 Å². The Morgan fingerprint density at radius 1 is 0.219 bits per heavy atom. The smallest absolute Gasteiger partial charge is 0.204 e. The highest BCUT2D eigenvalue weighted by atomic mass is 19.1. The van der Waals surface area contributed by atoms with Crippen molar-refractivity contribution in [2.24, 2.45) is 0 Å². The molecule has 96 heavy (non-hydrogen) atoms. The summed E-state index contributed by atoms with van der Waals surface area (Å²) < 4.78 is 88.3. The molecule has 0 atom stereocenters. The lowest BCUT2D eigenvalue weighted by Gasteiger charge is -2.31. The molecule has 1 aliphatic rings. The molecule has 12 aromatic rings. The SMILES string of the molecule is Oc1c2cc(c(O)c1OCc1ccccc1)C(c1ccc(F)cc1)c1cc(c(O)c(OCc3ccccc3)c1O)C(c1ccc(F)cc1)c1cc(c(O)c(OCc3ccccc3)c1O)C(c1ccc(F)cc1)c1cc(c(O)c(OCc3ccccc3)c1O)C2c1ccc(F)cc1. The van der Waals surface area contributed by atoms with E-state index in [4.69, 9.17) is 18.9 Å². The molecule has 16 heteroatoms. The van der Waals surface area contributed by atoms with Gasteiger partial charge >= 0.3 is 0 Å². The highest BCUT2D eigenvalue weighted by molar-refractivity contribution is 5.75. The molecular weight excluding hydrogens is 1230 g/mol. The predicted molar refractivity (Wildman–Crippen MR) is 352 cm³/mol. The Morgan fingerprint density at radius 2 is 0.375 bits per heavy atom. The quantitative estimate of drug-likeness (QED) is 0.0427. The Kier molecular flexibility index (Phi) is 17.6. The first-order valence-corrected chi connectivity index (χ1v) is 30.6. The van der Waals surface area contributed by atoms with Crippen LogP contribution in [0.3, 0.4) is 0 Å². The number of benzene rings is 12. The van der Waals surface area contributed by atoms with Crippen LogP contribution in [-0.4, -0.2) is 40.9 Å². The van der Waals surface area contributed by atoms with Crippen molar-refractivity contribution >= 4 is 0 Å². The summed E-state index contributed by atoms with van der Waals surface area (Å²) in [5, 5.41) is 106. The number of phenols is 8. The van der Waals surface area contributed by atoms with Crippen LogP contribution in [0.25, 0.3) is 0 Å². The molecule has 1 aliphatic carbocycles. The standard InChI is InChI=1S/C80H60F4O12/c81-53-29-21-49(22-30-53)65-57-37-58(70(86)77(69(57)85)93-41-45-13-5-1-6-14-45)66(50-23-31-54(82)32-24-50)60-39-62(74(90)79(72(60)88)95-43-47-17-9-3-10-18-47)68(52-27-35-56(84)36-28-52)64-40-63(75(91)80(76(64)92)96-44-48-19-11-4-12-20-48)67(51-25-33-55(83)34-26-51)61-38-59(65)71(87)78(73(61)89)94-42-46-15-7-2-8-16-46/h1-40,65-68,85-92H,41-44H2. The van der Waals surface area contributed by atoms with E-state index in [1.807, 2.05) is 0 Å². The lowest BCUT2D eigenvalue weighted by atomic mass is 9.74. The van der Waals surface area contributed by atoms with Crippen LogP contribution in [0.4, 0.5) is 17.6 Å². The van der Waals surface area contributed by atoms with E-state index in [0.29, 0.717) is 22.3 Å². The Hall–Kier alpha value is -12.0. The zero-order valence-corrected chi connectivity index (χ0v) is 51.0. The fourth-order valence-electron chi connectivity index (χ4n) is 12.7. The van der Waals surface area contributed by atoms with Gasteiger partial charge in [-0.25, -0.2) is 17.6 Å². The van der Waals surface area contributed by atoms with E-state index < -0.39 is 116 Å². The summed E-state index contributed by atoms with van der Waals surface area (Å²) in [6.45, 7) is -1.14. The lowest BCUT2D eigenvalue weighted by Crippen LogP contribution is -2.15. The monoisotopic (exact) mass is 1290 g/mol. The van der Waals surface area contributed by atoms with Gasteiger partial charge in [0.2, 0.25) is 23.0 Å². The number of ether oxygens (including phenoxy) is 4. The van der Waals surface area contributed by atoms with Gasteiger partial charge in [0.05, 0.1) is 0 Å². The third-order valence-corrected chi connectivity index (χ3v) is 17.4. The van der Waals surface area contributed by atoms with E-state index in [1.54, 1.807) is 121 Å². The topological polar surface area (TPSA) is 199 Å². The highest BCUT2D eigenvalue weighted by Crippen LogP contribution is 2.61. The molecule has 480 valence electrons. The van der Waals surface area contributed by atoms with Crippen LogP contribution in [0, 0.1) is 23.3 Å². The van der Waals surface area contributed by atoms with Crippen molar-refractivity contribution in [2.75, 3.05) is 0 Å². The minimum Gasteiger partial charge on any atom is -0.504 e. The first-order chi connectivity index (χ1) is 46.6. The average molecular weight is 1290 g/mol. The maximum absolute atomic E-state index is 15.5. The minimum absolute atomic E-state index is 0.163. The van der Waals surface area contributed by atoms with Crippen molar-refractivity contribution in [3.63, 3.8) is 0 Å². The van der Waals surface area contributed by atoms with Crippen LogP contribution in [-0.2, 0) is 26.4 Å². The number of fused-ring (bicyclic) bond motifs is 8. The first kappa shape index (κ1) is 62.8. The van der Waals surface area contributed by atoms with Crippen molar-refractivity contribution in [1.82, 2.24) is 0 Å². The molecule has 0 aliphatic heterocycles. The van der Waals surface area contributed by atoms with E-state index in [0.717, 1.165) is 48.5 Å². The molecule has 13 rings (SSSR count). The molecule has 0 aromatic heterocycles. The maximum Gasteiger partial charge on any atom is 0.204 e. The van der Waals surface area contributed by atoms with Crippen molar-refractivity contribution < 1.29 is 77.4 Å². The fraction of sp³-hybridized carbons (Fsp3) is 0.100. The zero-order chi connectivity index (χ0) is 66.7. The third-order valence-electron chi connectivity index (χ3n) is 17.4. The van der Waals surface area contributed by atoms with E-state index in [-0.39, 0.29) is 93.2 Å². The molecule has 0 saturated heterocycles. The molecule has 8 bridgehead atoms. The Morgan fingerprint density at radius 3 is 0.531 bits per heavy atom. The number of hydrogen-bond acceptors (Lipinski definition) is 12. The molecular formula is C80H60F4O12. The van der Waals surface area contributed by atoms with Gasteiger partial charge < -0.3 is 59.8 Å². The molecule has 0 heterocycles. The second-order valence-corrected chi connectivity index (χ2v) is 23.4. The van der Waals surface area contributed by atoms with Gasteiger partial charge in [0, 0.05) is 68.2 Å². The summed E-state index contributed by atoms with van der Waals surface area (Å²) in [6.07, 6.45) is 0. The summed E-state index contributed by atoms with van der Waals surface area (Å²) >= 11 is 0. The van der Waals surface area contributed by atoms with Crippen molar-refractivity contribution in [3.8, 4) is 69.0 Å².